The highest BCUT2D eigenvalue weighted by atomic mass is 16.6. The molecule has 2 heterocycles. The highest BCUT2D eigenvalue weighted by molar-refractivity contribution is 5.81. The minimum Gasteiger partial charge on any atom is -0.480 e. The van der Waals surface area contributed by atoms with Crippen molar-refractivity contribution in [2.45, 2.75) is 44.2 Å². The van der Waals surface area contributed by atoms with Crippen molar-refractivity contribution in [1.82, 2.24) is 4.90 Å². The van der Waals surface area contributed by atoms with Gasteiger partial charge in [-0.1, -0.05) is 30.3 Å². The van der Waals surface area contributed by atoms with Gasteiger partial charge in [-0.25, -0.2) is 9.59 Å². The van der Waals surface area contributed by atoms with Crippen LogP contribution >= 0.6 is 0 Å². The zero-order valence-electron chi connectivity index (χ0n) is 13.5. The minimum absolute atomic E-state index is 0.0392. The summed E-state index contributed by atoms with van der Waals surface area (Å²) in [5, 5.41) is 9.44. The number of rotatable bonds is 3. The van der Waals surface area contributed by atoms with Gasteiger partial charge in [-0.2, -0.15) is 0 Å². The van der Waals surface area contributed by atoms with E-state index in [1.165, 1.54) is 4.90 Å². The fourth-order valence-electron chi connectivity index (χ4n) is 3.31. The standard InChI is InChI=1S/C17H21NO6/c1-12-9-17(7-8-22-12)18(14(11-24-17)15(19)20)16(21)23-10-13-5-3-2-4-6-13/h2-6,12,14H,7-11H2,1H3,(H,19,20). The SMILES string of the molecule is CC1CC2(CCO1)OCC(C(=O)O)N2C(=O)OCc1ccccc1. The number of benzene rings is 1. The number of carbonyl (C=O) groups is 2. The summed E-state index contributed by atoms with van der Waals surface area (Å²) in [5.74, 6) is -1.09. The van der Waals surface area contributed by atoms with Crippen molar-refractivity contribution in [1.29, 1.82) is 0 Å². The molecule has 2 aliphatic heterocycles. The Morgan fingerprint density at radius 2 is 2.12 bits per heavy atom. The second-order valence-electron chi connectivity index (χ2n) is 6.16. The number of carbonyl (C=O) groups excluding carboxylic acids is 1. The van der Waals surface area contributed by atoms with Crippen molar-refractivity contribution in [3.05, 3.63) is 35.9 Å². The zero-order valence-corrected chi connectivity index (χ0v) is 13.5. The summed E-state index contributed by atoms with van der Waals surface area (Å²) in [6.07, 6.45) is 0.0762. The largest absolute Gasteiger partial charge is 0.480 e. The number of amides is 1. The second kappa shape index (κ2) is 6.78. The molecule has 3 rings (SSSR count). The van der Waals surface area contributed by atoms with Crippen LogP contribution in [0.3, 0.4) is 0 Å². The van der Waals surface area contributed by atoms with Crippen LogP contribution in [0, 0.1) is 0 Å². The van der Waals surface area contributed by atoms with E-state index in [1.807, 2.05) is 37.3 Å². The van der Waals surface area contributed by atoms with Gasteiger partial charge >= 0.3 is 12.1 Å². The number of nitrogens with zero attached hydrogens (tertiary/aromatic N) is 1. The fourth-order valence-corrected chi connectivity index (χ4v) is 3.31. The van der Waals surface area contributed by atoms with E-state index >= 15 is 0 Å². The molecule has 1 N–H and O–H groups in total. The molecule has 2 fully saturated rings. The van der Waals surface area contributed by atoms with E-state index in [4.69, 9.17) is 14.2 Å². The maximum Gasteiger partial charge on any atom is 0.413 e. The molecule has 2 saturated heterocycles. The molecule has 3 atom stereocenters. The van der Waals surface area contributed by atoms with Gasteiger partial charge in [0.25, 0.3) is 0 Å². The van der Waals surface area contributed by atoms with Crippen molar-refractivity contribution in [3.63, 3.8) is 0 Å². The third-order valence-corrected chi connectivity index (χ3v) is 4.45. The maximum atomic E-state index is 12.6. The molecule has 7 heteroatoms. The van der Waals surface area contributed by atoms with Crippen LogP contribution in [-0.4, -0.2) is 53.2 Å². The van der Waals surface area contributed by atoms with Crippen molar-refractivity contribution in [3.8, 4) is 0 Å². The van der Waals surface area contributed by atoms with E-state index in [2.05, 4.69) is 0 Å². The predicted molar refractivity (Wildman–Crippen MR) is 83.2 cm³/mol. The van der Waals surface area contributed by atoms with E-state index in [9.17, 15) is 14.7 Å². The first-order chi connectivity index (χ1) is 11.5. The molecule has 1 amide bonds. The predicted octanol–water partition coefficient (Wildman–Crippen LogP) is 2.00. The summed E-state index contributed by atoms with van der Waals surface area (Å²) in [7, 11) is 0. The number of carboxylic acids is 1. The number of aliphatic carboxylic acids is 1. The lowest BCUT2D eigenvalue weighted by Crippen LogP contribution is -2.57. The molecule has 0 radical (unpaired) electrons. The van der Waals surface area contributed by atoms with Gasteiger partial charge < -0.3 is 19.3 Å². The lowest BCUT2D eigenvalue weighted by Gasteiger charge is -2.42. The van der Waals surface area contributed by atoms with Crippen LogP contribution in [0.15, 0.2) is 30.3 Å². The van der Waals surface area contributed by atoms with Gasteiger partial charge in [-0.15, -0.1) is 0 Å². The van der Waals surface area contributed by atoms with Crippen molar-refractivity contribution in [2.75, 3.05) is 13.2 Å². The Balaban J connectivity index is 1.77. The minimum atomic E-state index is -1.09. The van der Waals surface area contributed by atoms with Crippen molar-refractivity contribution < 1.29 is 28.9 Å². The van der Waals surface area contributed by atoms with Crippen LogP contribution in [0.1, 0.15) is 25.3 Å². The summed E-state index contributed by atoms with van der Waals surface area (Å²) in [6, 6.07) is 8.22. The number of hydrogen-bond acceptors (Lipinski definition) is 5. The molecule has 0 aromatic heterocycles. The van der Waals surface area contributed by atoms with Gasteiger partial charge in [-0.3, -0.25) is 4.90 Å². The molecule has 0 aliphatic carbocycles. The summed E-state index contributed by atoms with van der Waals surface area (Å²) < 4.78 is 16.6. The van der Waals surface area contributed by atoms with E-state index in [1.54, 1.807) is 0 Å². The Morgan fingerprint density at radius 1 is 1.38 bits per heavy atom. The molecule has 3 unspecified atom stereocenters. The van der Waals surface area contributed by atoms with Crippen LogP contribution < -0.4 is 0 Å². The van der Waals surface area contributed by atoms with Crippen LogP contribution in [0.25, 0.3) is 0 Å². The number of hydrogen-bond donors (Lipinski definition) is 1. The normalized spacial score (nSPS) is 29.6. The molecular formula is C17H21NO6. The summed E-state index contributed by atoms with van der Waals surface area (Å²) in [5.41, 5.74) is -0.124. The third-order valence-electron chi connectivity index (χ3n) is 4.45. The molecule has 1 aromatic carbocycles. The average molecular weight is 335 g/mol. The topological polar surface area (TPSA) is 85.3 Å². The molecule has 130 valence electrons. The summed E-state index contributed by atoms with van der Waals surface area (Å²) in [6.45, 7) is 2.34. The van der Waals surface area contributed by atoms with Crippen LogP contribution in [0.5, 0.6) is 0 Å². The highest BCUT2D eigenvalue weighted by Crippen LogP contribution is 2.39. The molecule has 1 aromatic rings. The maximum absolute atomic E-state index is 12.6. The molecule has 0 saturated carbocycles. The number of carboxylic acid groups (broad SMARTS) is 1. The van der Waals surface area contributed by atoms with E-state index in [-0.39, 0.29) is 19.3 Å². The lowest BCUT2D eigenvalue weighted by molar-refractivity contribution is -0.162. The van der Waals surface area contributed by atoms with Gasteiger partial charge in [0.2, 0.25) is 0 Å². The Morgan fingerprint density at radius 3 is 2.79 bits per heavy atom. The van der Waals surface area contributed by atoms with Gasteiger partial charge in [0.05, 0.1) is 19.3 Å². The molecular weight excluding hydrogens is 314 g/mol. The Bertz CT molecular complexity index is 606. The van der Waals surface area contributed by atoms with E-state index < -0.39 is 23.8 Å². The number of ether oxygens (including phenoxy) is 3. The molecule has 2 aliphatic rings. The van der Waals surface area contributed by atoms with Gasteiger partial charge in [0.15, 0.2) is 11.8 Å². The summed E-state index contributed by atoms with van der Waals surface area (Å²) in [4.78, 5) is 25.4. The first-order valence-corrected chi connectivity index (χ1v) is 8.00. The molecule has 1 spiro atoms. The van der Waals surface area contributed by atoms with Crippen molar-refractivity contribution >= 4 is 12.1 Å². The van der Waals surface area contributed by atoms with Gasteiger partial charge in [0, 0.05) is 12.8 Å². The van der Waals surface area contributed by atoms with Crippen LogP contribution in [-0.2, 0) is 25.6 Å². The fraction of sp³-hybridized carbons (Fsp3) is 0.529. The quantitative estimate of drug-likeness (QED) is 0.909. The van der Waals surface area contributed by atoms with Gasteiger partial charge in [-0.05, 0) is 12.5 Å². The Labute approximate surface area is 140 Å². The third kappa shape index (κ3) is 3.22. The molecule has 7 nitrogen and oxygen atoms in total. The van der Waals surface area contributed by atoms with E-state index in [0.29, 0.717) is 19.4 Å². The monoisotopic (exact) mass is 335 g/mol. The highest BCUT2D eigenvalue weighted by Gasteiger charge is 2.55. The zero-order chi connectivity index (χ0) is 17.2. The van der Waals surface area contributed by atoms with Crippen molar-refractivity contribution in [2.24, 2.45) is 0 Å². The molecule has 0 bridgehead atoms. The lowest BCUT2D eigenvalue weighted by atomic mass is 9.98. The summed E-state index contributed by atoms with van der Waals surface area (Å²) >= 11 is 0. The first-order valence-electron chi connectivity index (χ1n) is 8.00. The Hall–Kier alpha value is -2.12. The first kappa shape index (κ1) is 16.7. The van der Waals surface area contributed by atoms with Crippen LogP contribution in [0.4, 0.5) is 4.79 Å². The Kier molecular flexibility index (Phi) is 4.73. The molecule has 24 heavy (non-hydrogen) atoms. The van der Waals surface area contributed by atoms with E-state index in [0.717, 1.165) is 5.56 Å². The van der Waals surface area contributed by atoms with Crippen LogP contribution in [0.2, 0.25) is 0 Å². The van der Waals surface area contributed by atoms with Gasteiger partial charge in [0.1, 0.15) is 6.61 Å². The second-order valence-corrected chi connectivity index (χ2v) is 6.16. The smallest absolute Gasteiger partial charge is 0.413 e. The average Bonchev–Trinajstić information content (AvgIpc) is 2.92.